The third-order valence-electron chi connectivity index (χ3n) is 2.30. The summed E-state index contributed by atoms with van der Waals surface area (Å²) in [7, 11) is 0. The molecule has 13 heavy (non-hydrogen) atoms. The van der Waals surface area contributed by atoms with Gasteiger partial charge in [0.2, 0.25) is 0 Å². The summed E-state index contributed by atoms with van der Waals surface area (Å²) in [5.41, 5.74) is 4.77. The van der Waals surface area contributed by atoms with Crippen LogP contribution in [0.2, 0.25) is 0 Å². The molecular formula is C12H16O. The molecule has 1 N–H and O–H groups in total. The molecule has 70 valence electrons. The Kier molecular flexibility index (Phi) is 3.26. The molecular weight excluding hydrogens is 160 g/mol. The van der Waals surface area contributed by atoms with Gasteiger partial charge >= 0.3 is 0 Å². The molecule has 0 amide bonds. The van der Waals surface area contributed by atoms with Crippen molar-refractivity contribution in [1.29, 1.82) is 0 Å². The summed E-state index contributed by atoms with van der Waals surface area (Å²) in [6.45, 7) is 6.27. The van der Waals surface area contributed by atoms with Gasteiger partial charge < -0.3 is 5.11 Å². The number of hydrogen-bond donors (Lipinski definition) is 1. The summed E-state index contributed by atoms with van der Waals surface area (Å²) in [4.78, 5) is 0. The second kappa shape index (κ2) is 4.24. The van der Waals surface area contributed by atoms with Crippen molar-refractivity contribution in [1.82, 2.24) is 0 Å². The summed E-state index contributed by atoms with van der Waals surface area (Å²) >= 11 is 0. The molecule has 0 saturated heterocycles. The van der Waals surface area contributed by atoms with E-state index in [-0.39, 0.29) is 6.61 Å². The van der Waals surface area contributed by atoms with E-state index in [0.717, 1.165) is 5.57 Å². The minimum Gasteiger partial charge on any atom is -0.392 e. The normalized spacial score (nSPS) is 11.8. The number of aryl methyl sites for hydroxylation is 1. The zero-order valence-corrected chi connectivity index (χ0v) is 8.46. The van der Waals surface area contributed by atoms with Crippen molar-refractivity contribution >= 4 is 6.08 Å². The first kappa shape index (κ1) is 10.0. The van der Waals surface area contributed by atoms with Crippen LogP contribution in [0, 0.1) is 13.8 Å². The largest absolute Gasteiger partial charge is 0.392 e. The Labute approximate surface area is 79.7 Å². The molecule has 0 atom stereocenters. The van der Waals surface area contributed by atoms with Crippen LogP contribution >= 0.6 is 0 Å². The highest BCUT2D eigenvalue weighted by Crippen LogP contribution is 2.15. The van der Waals surface area contributed by atoms with Gasteiger partial charge in [0.25, 0.3) is 0 Å². The second-order valence-electron chi connectivity index (χ2n) is 3.44. The van der Waals surface area contributed by atoms with E-state index in [1.807, 2.05) is 19.1 Å². The zero-order valence-electron chi connectivity index (χ0n) is 8.46. The lowest BCUT2D eigenvalue weighted by molar-refractivity contribution is 0.332. The van der Waals surface area contributed by atoms with Crippen molar-refractivity contribution in [2.24, 2.45) is 0 Å². The van der Waals surface area contributed by atoms with Crippen LogP contribution in [0.15, 0.2) is 23.8 Å². The number of rotatable bonds is 2. The first-order valence-electron chi connectivity index (χ1n) is 4.49. The van der Waals surface area contributed by atoms with Crippen LogP contribution in [0.5, 0.6) is 0 Å². The van der Waals surface area contributed by atoms with E-state index in [2.05, 4.69) is 26.0 Å². The Morgan fingerprint density at radius 2 is 2.08 bits per heavy atom. The molecule has 0 aromatic heterocycles. The van der Waals surface area contributed by atoms with Crippen molar-refractivity contribution in [3.8, 4) is 0 Å². The van der Waals surface area contributed by atoms with Crippen LogP contribution in [0.3, 0.4) is 0 Å². The van der Waals surface area contributed by atoms with Crippen molar-refractivity contribution in [2.75, 3.05) is 6.61 Å². The Hall–Kier alpha value is -1.08. The van der Waals surface area contributed by atoms with Crippen LogP contribution in [-0.4, -0.2) is 11.7 Å². The third kappa shape index (κ3) is 2.43. The van der Waals surface area contributed by atoms with Crippen LogP contribution in [0.25, 0.3) is 6.08 Å². The molecule has 0 aliphatic rings. The number of hydrogen-bond acceptors (Lipinski definition) is 1. The van der Waals surface area contributed by atoms with Gasteiger partial charge in [0.15, 0.2) is 0 Å². The van der Waals surface area contributed by atoms with Gasteiger partial charge in [-0.25, -0.2) is 0 Å². The molecule has 1 rings (SSSR count). The quantitative estimate of drug-likeness (QED) is 0.734. The van der Waals surface area contributed by atoms with Crippen molar-refractivity contribution < 1.29 is 5.11 Å². The van der Waals surface area contributed by atoms with Crippen LogP contribution < -0.4 is 0 Å². The van der Waals surface area contributed by atoms with Crippen LogP contribution in [0.1, 0.15) is 23.6 Å². The molecule has 1 nitrogen and oxygen atoms in total. The van der Waals surface area contributed by atoms with Gasteiger partial charge in [-0.05, 0) is 43.0 Å². The van der Waals surface area contributed by atoms with Gasteiger partial charge in [0.1, 0.15) is 0 Å². The SMILES string of the molecule is CC(=Cc1cccc(C)c1C)CO. The molecule has 0 heterocycles. The van der Waals surface area contributed by atoms with E-state index in [1.54, 1.807) is 0 Å². The summed E-state index contributed by atoms with van der Waals surface area (Å²) < 4.78 is 0. The summed E-state index contributed by atoms with van der Waals surface area (Å²) in [6.07, 6.45) is 2.03. The minimum absolute atomic E-state index is 0.132. The maximum Gasteiger partial charge on any atom is 0.0642 e. The summed E-state index contributed by atoms with van der Waals surface area (Å²) in [5, 5.41) is 8.89. The minimum atomic E-state index is 0.132. The van der Waals surface area contributed by atoms with Gasteiger partial charge in [-0.2, -0.15) is 0 Å². The van der Waals surface area contributed by atoms with E-state index < -0.39 is 0 Å². The zero-order chi connectivity index (χ0) is 9.84. The van der Waals surface area contributed by atoms with Gasteiger partial charge in [-0.3, -0.25) is 0 Å². The highest BCUT2D eigenvalue weighted by atomic mass is 16.3. The number of aliphatic hydroxyl groups excluding tert-OH is 1. The van der Waals surface area contributed by atoms with Crippen molar-refractivity contribution in [3.63, 3.8) is 0 Å². The van der Waals surface area contributed by atoms with E-state index in [1.165, 1.54) is 16.7 Å². The Morgan fingerprint density at radius 3 is 2.69 bits per heavy atom. The fraction of sp³-hybridized carbons (Fsp3) is 0.333. The lowest BCUT2D eigenvalue weighted by atomic mass is 10.0. The van der Waals surface area contributed by atoms with E-state index >= 15 is 0 Å². The van der Waals surface area contributed by atoms with Gasteiger partial charge in [0.05, 0.1) is 6.61 Å². The topological polar surface area (TPSA) is 20.2 Å². The molecule has 0 unspecified atom stereocenters. The van der Waals surface area contributed by atoms with Gasteiger partial charge in [-0.15, -0.1) is 0 Å². The number of aliphatic hydroxyl groups is 1. The molecule has 0 saturated carbocycles. The average molecular weight is 176 g/mol. The van der Waals surface area contributed by atoms with E-state index in [4.69, 9.17) is 5.11 Å². The fourth-order valence-corrected chi connectivity index (χ4v) is 1.24. The Balaban J connectivity index is 3.09. The second-order valence-corrected chi connectivity index (χ2v) is 3.44. The average Bonchev–Trinajstić information content (AvgIpc) is 2.13. The maximum atomic E-state index is 8.89. The standard InChI is InChI=1S/C12H16O/c1-9(8-13)7-12-6-4-5-10(2)11(12)3/h4-7,13H,8H2,1-3H3. The Morgan fingerprint density at radius 1 is 1.38 bits per heavy atom. The number of benzene rings is 1. The lowest BCUT2D eigenvalue weighted by Crippen LogP contribution is -1.88. The van der Waals surface area contributed by atoms with Crippen molar-refractivity contribution in [3.05, 3.63) is 40.5 Å². The first-order chi connectivity index (χ1) is 6.15. The molecule has 0 spiro atoms. The fourth-order valence-electron chi connectivity index (χ4n) is 1.24. The van der Waals surface area contributed by atoms with Gasteiger partial charge in [-0.1, -0.05) is 24.3 Å². The molecule has 0 aliphatic carbocycles. The van der Waals surface area contributed by atoms with E-state index in [0.29, 0.717) is 0 Å². The molecule has 0 aliphatic heterocycles. The maximum absolute atomic E-state index is 8.89. The molecule has 1 heteroatoms. The predicted molar refractivity (Wildman–Crippen MR) is 56.7 cm³/mol. The summed E-state index contributed by atoms with van der Waals surface area (Å²) in [6, 6.07) is 6.21. The molecule has 0 bridgehead atoms. The molecule has 0 fully saturated rings. The lowest BCUT2D eigenvalue weighted by Gasteiger charge is -2.04. The smallest absolute Gasteiger partial charge is 0.0642 e. The highest BCUT2D eigenvalue weighted by molar-refractivity contribution is 5.57. The van der Waals surface area contributed by atoms with Crippen LogP contribution in [0.4, 0.5) is 0 Å². The third-order valence-corrected chi connectivity index (χ3v) is 2.30. The van der Waals surface area contributed by atoms with Crippen LogP contribution in [-0.2, 0) is 0 Å². The predicted octanol–water partition coefficient (Wildman–Crippen LogP) is 2.70. The van der Waals surface area contributed by atoms with E-state index in [9.17, 15) is 0 Å². The molecule has 1 aromatic rings. The molecule has 0 radical (unpaired) electrons. The monoisotopic (exact) mass is 176 g/mol. The Bertz CT molecular complexity index is 324. The van der Waals surface area contributed by atoms with Crippen molar-refractivity contribution in [2.45, 2.75) is 20.8 Å². The first-order valence-corrected chi connectivity index (χ1v) is 4.49. The summed E-state index contributed by atoms with van der Waals surface area (Å²) in [5.74, 6) is 0. The molecule has 1 aromatic carbocycles. The highest BCUT2D eigenvalue weighted by Gasteiger charge is 1.97. The van der Waals surface area contributed by atoms with Gasteiger partial charge in [0, 0.05) is 0 Å².